The number of likely N-dealkylation sites (tertiary alicyclic amines) is 2. The van der Waals surface area contributed by atoms with Crippen LogP contribution < -0.4 is 30.2 Å². The fraction of sp³-hybridized carbons (Fsp3) is 0.562. The monoisotopic (exact) mass is 1380 g/mol. The van der Waals surface area contributed by atoms with Gasteiger partial charge in [-0.3, -0.25) is 39.6 Å². The number of aliphatic carboxylic acids is 1. The van der Waals surface area contributed by atoms with Crippen molar-refractivity contribution in [1.82, 2.24) is 29.7 Å². The van der Waals surface area contributed by atoms with Gasteiger partial charge in [-0.05, 0) is 107 Å². The van der Waals surface area contributed by atoms with Gasteiger partial charge in [0, 0.05) is 113 Å². The van der Waals surface area contributed by atoms with Crippen molar-refractivity contribution in [3.63, 3.8) is 0 Å². The Balaban J connectivity index is 0.000000165. The smallest absolute Gasteiger partial charge is 0.309 e. The van der Waals surface area contributed by atoms with Gasteiger partial charge in [0.25, 0.3) is 11.8 Å². The number of pyridine rings is 2. The largest absolute Gasteiger partial charge is 0.481 e. The molecule has 6 aliphatic heterocycles. The molecule has 14 rings (SSSR count). The van der Waals surface area contributed by atoms with E-state index in [1.165, 1.54) is 119 Å². The molecule has 6 aromatic rings. The number of piperidine rings is 2. The molecule has 6 aromatic heterocycles. The molecule has 4 unspecified atom stereocenters. The molecule has 8 aliphatic rings. The maximum absolute atomic E-state index is 13.5. The number of carboxylic acid groups (broad SMARTS) is 1. The number of aromatic nitrogens is 4. The van der Waals surface area contributed by atoms with Crippen LogP contribution >= 0.6 is 91.8 Å². The van der Waals surface area contributed by atoms with Crippen molar-refractivity contribution in [1.29, 1.82) is 0 Å². The van der Waals surface area contributed by atoms with Crippen molar-refractivity contribution in [2.24, 2.45) is 23.7 Å². The number of rotatable bonds is 15. The van der Waals surface area contributed by atoms with Gasteiger partial charge in [0.15, 0.2) is 10.3 Å². The van der Waals surface area contributed by atoms with Crippen LogP contribution in [0.15, 0.2) is 47.4 Å². The summed E-state index contributed by atoms with van der Waals surface area (Å²) in [6.45, 7) is 11.1. The summed E-state index contributed by atoms with van der Waals surface area (Å²) in [5.41, 5.74) is 2.46. The Morgan fingerprint density at radius 2 is 1.00 bits per heavy atom. The highest BCUT2D eigenvalue weighted by atomic mass is 35.5. The zero-order valence-corrected chi connectivity index (χ0v) is 56.7. The fourth-order valence-electron chi connectivity index (χ4n) is 15.1. The van der Waals surface area contributed by atoms with Crippen LogP contribution in [-0.4, -0.2) is 155 Å². The average Bonchev–Trinajstić information content (AvgIpc) is 1.67. The summed E-state index contributed by atoms with van der Waals surface area (Å²) in [7, 11) is 0. The third-order valence-electron chi connectivity index (χ3n) is 19.8. The van der Waals surface area contributed by atoms with Crippen LogP contribution in [0, 0.1) is 23.7 Å². The van der Waals surface area contributed by atoms with Crippen LogP contribution in [-0.2, 0) is 14.3 Å². The van der Waals surface area contributed by atoms with Gasteiger partial charge in [0.05, 0.1) is 59.4 Å². The molecular formula is C64H76Cl4N12O6S4. The molecule has 8 fully saturated rings. The number of anilines is 6. The molecule has 26 heteroatoms. The lowest BCUT2D eigenvalue weighted by atomic mass is 9.94. The summed E-state index contributed by atoms with van der Waals surface area (Å²) < 4.78 is 5.19. The molecule has 2 aliphatic carbocycles. The Bertz CT molecular complexity index is 3560. The highest BCUT2D eigenvalue weighted by Crippen LogP contribution is 2.49. The number of carbonyl (C=O) groups excluding carboxylic acids is 3. The predicted octanol–water partition coefficient (Wildman–Crippen LogP) is 14.4. The van der Waals surface area contributed by atoms with Gasteiger partial charge in [-0.25, -0.2) is 19.9 Å². The van der Waals surface area contributed by atoms with Crippen LogP contribution in [0.2, 0.25) is 20.1 Å². The van der Waals surface area contributed by atoms with Gasteiger partial charge in [0.1, 0.15) is 33.0 Å². The quantitative estimate of drug-likeness (QED) is 0.0822. The van der Waals surface area contributed by atoms with E-state index in [9.17, 15) is 24.3 Å². The number of halogens is 4. The first-order chi connectivity index (χ1) is 43.7. The van der Waals surface area contributed by atoms with E-state index in [-0.39, 0.29) is 29.6 Å². The summed E-state index contributed by atoms with van der Waals surface area (Å²) in [5.74, 6) is 0.524. The molecular weight excluding hydrogens is 1300 g/mol. The lowest BCUT2D eigenvalue weighted by Crippen LogP contribution is -2.39. The van der Waals surface area contributed by atoms with Crippen molar-refractivity contribution >= 4 is 147 Å². The third-order valence-corrected chi connectivity index (χ3v) is 25.0. The Kier molecular flexibility index (Phi) is 20.1. The molecule has 6 saturated heterocycles. The third kappa shape index (κ3) is 14.0. The Morgan fingerprint density at radius 1 is 0.567 bits per heavy atom. The second-order valence-electron chi connectivity index (χ2n) is 25.3. The van der Waals surface area contributed by atoms with Crippen LogP contribution in [0.25, 0.3) is 21.1 Å². The van der Waals surface area contributed by atoms with E-state index < -0.39 is 5.97 Å². The summed E-state index contributed by atoms with van der Waals surface area (Å²) in [6, 6.07) is 9.54. The number of thiazole rings is 2. The highest BCUT2D eigenvalue weighted by molar-refractivity contribution is 7.21. The van der Waals surface area contributed by atoms with Gasteiger partial charge >= 0.3 is 11.9 Å². The van der Waals surface area contributed by atoms with Gasteiger partial charge < -0.3 is 29.4 Å². The zero-order valence-electron chi connectivity index (χ0n) is 50.4. The number of nitrogens with one attached hydrogen (secondary N) is 2. The number of fused-ring (bicyclic) bond motifs is 2. The number of carbonyl (C=O) groups is 4. The van der Waals surface area contributed by atoms with Crippen molar-refractivity contribution < 1.29 is 29.0 Å². The van der Waals surface area contributed by atoms with Crippen LogP contribution in [0.4, 0.5) is 31.9 Å². The maximum atomic E-state index is 13.5. The van der Waals surface area contributed by atoms with E-state index in [0.717, 1.165) is 63.4 Å². The fourth-order valence-corrected chi connectivity index (χ4v) is 20.1. The molecule has 18 nitrogen and oxygen atoms in total. The SMILES string of the molecule is CCOC(=O)C1CCN(c2ncc(C(=O)Nc3nc(-c4cc(Cl)cs4)c(N4CCC5CN(C6CCCCC6)CC54)s3)cc2Cl)CC1.O=C(Nc1nc(-c2cc(Cl)cs2)c(N2CCC3CN(C4CCCCC4)CC32)s1)c1cnc(N2CCC(C(=O)O)CC2)c(Cl)c1. The molecule has 0 spiro atoms. The normalized spacial score (nSPS) is 23.0. The van der Waals surface area contributed by atoms with E-state index in [0.29, 0.717) is 142 Å². The minimum Gasteiger partial charge on any atom is -0.481 e. The predicted molar refractivity (Wildman–Crippen MR) is 365 cm³/mol. The molecule has 90 heavy (non-hydrogen) atoms. The first-order valence-corrected chi connectivity index (χ1v) is 37.0. The van der Waals surface area contributed by atoms with Gasteiger partial charge in [-0.15, -0.1) is 22.7 Å². The number of hydrogen-bond donors (Lipinski definition) is 3. The molecule has 0 radical (unpaired) electrons. The second kappa shape index (κ2) is 28.4. The minimum atomic E-state index is -0.763. The summed E-state index contributed by atoms with van der Waals surface area (Å²) >= 11 is 32.2. The van der Waals surface area contributed by atoms with E-state index in [4.69, 9.17) is 61.1 Å². The van der Waals surface area contributed by atoms with Gasteiger partial charge in [-0.2, -0.15) is 0 Å². The Labute approximate surface area is 561 Å². The summed E-state index contributed by atoms with van der Waals surface area (Å²) in [5, 5.41) is 24.6. The average molecular weight is 1380 g/mol. The number of ether oxygens (including phenoxy) is 1. The van der Waals surface area contributed by atoms with Gasteiger partial charge in [-0.1, -0.05) is 108 Å². The number of thiophene rings is 2. The van der Waals surface area contributed by atoms with E-state index in [1.807, 2.05) is 34.7 Å². The zero-order chi connectivity index (χ0) is 62.2. The Morgan fingerprint density at radius 3 is 1.39 bits per heavy atom. The lowest BCUT2D eigenvalue weighted by Gasteiger charge is -2.33. The minimum absolute atomic E-state index is 0.103. The topological polar surface area (TPSA) is 193 Å². The van der Waals surface area contributed by atoms with Crippen LogP contribution in [0.3, 0.4) is 0 Å². The van der Waals surface area contributed by atoms with Crippen molar-refractivity contribution in [3.8, 4) is 21.1 Å². The van der Waals surface area contributed by atoms with Crippen LogP contribution in [0.5, 0.6) is 0 Å². The second-order valence-corrected chi connectivity index (χ2v) is 30.8. The lowest BCUT2D eigenvalue weighted by molar-refractivity contribution is -0.148. The van der Waals surface area contributed by atoms with Crippen LogP contribution in [0.1, 0.15) is 130 Å². The molecule has 12 heterocycles. The number of amides is 2. The summed E-state index contributed by atoms with van der Waals surface area (Å²) in [6.07, 6.45) is 21.3. The standard InChI is InChI=1S/C33H40Cl2N6O3S2.C31H36Cl2N6O3S2/c1-2-44-32(43)20-8-11-39(12-9-20)29-25(35)14-22(16-36-29)30(42)38-33-37-28(27-15-23(34)19-45-27)31(46-33)41-13-10-21-17-40(18-26(21)41)24-6-4-3-5-7-24;32-21-13-25(43-17-21)26-29(39-11-8-19-15-38(16-24(19)39)22-4-2-1-3-5-22)44-31(35-26)36-28(40)20-12-23(33)27(34-14-20)37-9-6-18(7-10-37)30(41)42/h14-16,19-21,24,26H,2-13,17-18H2,1H3,(H,37,38,42);12-14,17-19,22,24H,1-11,15-16H2,(H,41,42)(H,35,36,40). The Hall–Kier alpha value is -4.88. The highest BCUT2D eigenvalue weighted by Gasteiger charge is 2.47. The maximum Gasteiger partial charge on any atom is 0.309 e. The first kappa shape index (κ1) is 63.9. The number of nitrogens with zero attached hydrogens (tertiary/aromatic N) is 10. The molecule has 2 amide bonds. The molecule has 480 valence electrons. The number of carboxylic acids is 1. The number of esters is 1. The number of hydrogen-bond acceptors (Lipinski definition) is 19. The van der Waals surface area contributed by atoms with Crippen molar-refractivity contribution in [3.05, 3.63) is 78.6 Å². The summed E-state index contributed by atoms with van der Waals surface area (Å²) in [4.78, 5) is 85.9. The van der Waals surface area contributed by atoms with E-state index in [1.54, 1.807) is 41.0 Å². The molecule has 0 bridgehead atoms. The molecule has 0 aromatic carbocycles. The van der Waals surface area contributed by atoms with Crippen molar-refractivity contribution in [2.45, 2.75) is 134 Å². The molecule has 4 atom stereocenters. The molecule has 2 saturated carbocycles. The van der Waals surface area contributed by atoms with E-state index in [2.05, 4.69) is 45.1 Å². The first-order valence-electron chi connectivity index (χ1n) is 32.1. The van der Waals surface area contributed by atoms with E-state index >= 15 is 0 Å². The molecule has 3 N–H and O–H groups in total. The van der Waals surface area contributed by atoms with Gasteiger partial charge in [0.2, 0.25) is 0 Å². The van der Waals surface area contributed by atoms with Crippen molar-refractivity contribution in [2.75, 3.05) is 102 Å².